The first kappa shape index (κ1) is 12.8. The lowest BCUT2D eigenvalue weighted by atomic mass is 10.0. The lowest BCUT2D eigenvalue weighted by Crippen LogP contribution is -2.41. The molecule has 0 radical (unpaired) electrons. The number of nitrogens with one attached hydrogen (secondary N) is 1. The highest BCUT2D eigenvalue weighted by Gasteiger charge is 2.29. The number of hydrogen-bond acceptors (Lipinski definition) is 5. The van der Waals surface area contributed by atoms with Crippen molar-refractivity contribution >= 4 is 21.8 Å². The summed E-state index contributed by atoms with van der Waals surface area (Å²) < 4.78 is 10.6. The van der Waals surface area contributed by atoms with Crippen molar-refractivity contribution in [1.82, 2.24) is 15.5 Å². The molecule has 0 bridgehead atoms. The molecule has 0 aromatic carbocycles. The van der Waals surface area contributed by atoms with Crippen LogP contribution >= 0.6 is 15.9 Å². The largest absolute Gasteiger partial charge is 0.444 e. The molecule has 2 heterocycles. The van der Waals surface area contributed by atoms with Gasteiger partial charge in [0.05, 0.1) is 5.54 Å². The zero-order valence-corrected chi connectivity index (χ0v) is 11.7. The van der Waals surface area contributed by atoms with Crippen LogP contribution in [0.5, 0.6) is 0 Å². The molecule has 18 heavy (non-hydrogen) atoms. The van der Waals surface area contributed by atoms with E-state index >= 15 is 0 Å². The molecule has 96 valence electrons. The molecule has 1 amide bonds. The Morgan fingerprint density at radius 2 is 2.17 bits per heavy atom. The Kier molecular flexibility index (Phi) is 3.25. The molecular weight excluding hydrogens is 302 g/mol. The number of aryl methyl sites for hydroxylation is 1. The Balaban J connectivity index is 2.15. The molecule has 2 aromatic rings. The van der Waals surface area contributed by atoms with Crippen molar-refractivity contribution < 1.29 is 13.7 Å². The number of furan rings is 1. The van der Waals surface area contributed by atoms with Gasteiger partial charge in [-0.2, -0.15) is 4.98 Å². The van der Waals surface area contributed by atoms with Crippen LogP contribution in [-0.2, 0) is 5.54 Å². The highest BCUT2D eigenvalue weighted by Crippen LogP contribution is 2.19. The summed E-state index contributed by atoms with van der Waals surface area (Å²) in [4.78, 5) is 16.0. The van der Waals surface area contributed by atoms with Crippen LogP contribution in [0.25, 0.3) is 0 Å². The highest BCUT2D eigenvalue weighted by molar-refractivity contribution is 9.10. The summed E-state index contributed by atoms with van der Waals surface area (Å²) in [5, 5.41) is 6.58. The summed E-state index contributed by atoms with van der Waals surface area (Å²) in [5.41, 5.74) is -0.742. The molecule has 0 spiro atoms. The number of amides is 1. The van der Waals surface area contributed by atoms with Crippen LogP contribution < -0.4 is 5.32 Å². The van der Waals surface area contributed by atoms with Gasteiger partial charge in [-0.15, -0.1) is 0 Å². The summed E-state index contributed by atoms with van der Waals surface area (Å²) in [6.45, 7) is 5.26. The maximum atomic E-state index is 11.9. The maximum absolute atomic E-state index is 11.9. The predicted octanol–water partition coefficient (Wildman–Crippen LogP) is 2.40. The fraction of sp³-hybridized carbons (Fsp3) is 0.364. The Morgan fingerprint density at radius 1 is 1.44 bits per heavy atom. The van der Waals surface area contributed by atoms with Crippen molar-refractivity contribution in [2.75, 3.05) is 0 Å². The first-order chi connectivity index (χ1) is 8.38. The van der Waals surface area contributed by atoms with E-state index < -0.39 is 5.54 Å². The fourth-order valence-electron chi connectivity index (χ4n) is 1.39. The molecule has 6 nitrogen and oxygen atoms in total. The fourth-order valence-corrected chi connectivity index (χ4v) is 1.70. The second kappa shape index (κ2) is 4.56. The molecule has 0 fully saturated rings. The first-order valence-corrected chi connectivity index (χ1v) is 6.06. The SMILES string of the molecule is Cc1nc(C(C)(C)NC(=O)c2ccc(Br)o2)no1. The summed E-state index contributed by atoms with van der Waals surface area (Å²) in [5.74, 6) is 0.746. The van der Waals surface area contributed by atoms with Gasteiger partial charge in [0.15, 0.2) is 16.3 Å². The Bertz CT molecular complexity index is 574. The number of aromatic nitrogens is 2. The van der Waals surface area contributed by atoms with Gasteiger partial charge in [0, 0.05) is 6.92 Å². The Hall–Kier alpha value is -1.63. The smallest absolute Gasteiger partial charge is 0.287 e. The normalized spacial score (nSPS) is 11.6. The van der Waals surface area contributed by atoms with Crippen molar-refractivity contribution in [3.8, 4) is 0 Å². The average molecular weight is 314 g/mol. The van der Waals surface area contributed by atoms with E-state index in [-0.39, 0.29) is 11.7 Å². The van der Waals surface area contributed by atoms with E-state index in [1.54, 1.807) is 32.9 Å². The zero-order chi connectivity index (χ0) is 13.3. The van der Waals surface area contributed by atoms with Gasteiger partial charge < -0.3 is 14.3 Å². The van der Waals surface area contributed by atoms with Gasteiger partial charge in [-0.05, 0) is 41.9 Å². The molecule has 0 saturated carbocycles. The molecule has 0 saturated heterocycles. The molecule has 0 unspecified atom stereocenters. The van der Waals surface area contributed by atoms with Crippen LogP contribution in [-0.4, -0.2) is 16.0 Å². The minimum Gasteiger partial charge on any atom is -0.444 e. The van der Waals surface area contributed by atoms with E-state index in [4.69, 9.17) is 8.94 Å². The van der Waals surface area contributed by atoms with E-state index in [0.717, 1.165) is 0 Å². The first-order valence-electron chi connectivity index (χ1n) is 5.27. The van der Waals surface area contributed by atoms with E-state index in [2.05, 4.69) is 31.4 Å². The monoisotopic (exact) mass is 313 g/mol. The Labute approximate surface area is 112 Å². The molecule has 2 rings (SSSR count). The van der Waals surface area contributed by atoms with Crippen LogP contribution in [0.15, 0.2) is 25.7 Å². The van der Waals surface area contributed by atoms with Crippen LogP contribution in [0.4, 0.5) is 0 Å². The molecular formula is C11H12BrN3O3. The molecule has 7 heteroatoms. The van der Waals surface area contributed by atoms with Gasteiger partial charge >= 0.3 is 0 Å². The van der Waals surface area contributed by atoms with E-state index in [9.17, 15) is 4.79 Å². The van der Waals surface area contributed by atoms with Crippen LogP contribution in [0, 0.1) is 6.92 Å². The minimum atomic E-state index is -0.742. The molecule has 2 aromatic heterocycles. The lowest BCUT2D eigenvalue weighted by molar-refractivity contribution is 0.0877. The van der Waals surface area contributed by atoms with Gasteiger partial charge in [0.25, 0.3) is 5.91 Å². The van der Waals surface area contributed by atoms with Crippen molar-refractivity contribution in [2.24, 2.45) is 0 Å². The van der Waals surface area contributed by atoms with Gasteiger partial charge in [-0.25, -0.2) is 0 Å². The van der Waals surface area contributed by atoms with Gasteiger partial charge in [0.1, 0.15) is 0 Å². The van der Waals surface area contributed by atoms with Gasteiger partial charge in [0.2, 0.25) is 5.89 Å². The topological polar surface area (TPSA) is 81.2 Å². The zero-order valence-electron chi connectivity index (χ0n) is 10.2. The molecule has 0 atom stereocenters. The van der Waals surface area contributed by atoms with Crippen LogP contribution in [0.1, 0.15) is 36.1 Å². The van der Waals surface area contributed by atoms with Crippen molar-refractivity contribution in [3.63, 3.8) is 0 Å². The van der Waals surface area contributed by atoms with Crippen LogP contribution in [0.3, 0.4) is 0 Å². The molecule has 1 N–H and O–H groups in total. The second-order valence-corrected chi connectivity index (χ2v) is 5.10. The minimum absolute atomic E-state index is 0.218. The third-order valence-electron chi connectivity index (χ3n) is 2.31. The van der Waals surface area contributed by atoms with Crippen molar-refractivity contribution in [3.05, 3.63) is 34.3 Å². The number of rotatable bonds is 3. The second-order valence-electron chi connectivity index (χ2n) is 4.32. The quantitative estimate of drug-likeness (QED) is 0.941. The summed E-state index contributed by atoms with van der Waals surface area (Å²) >= 11 is 3.14. The summed E-state index contributed by atoms with van der Waals surface area (Å²) in [7, 11) is 0. The number of nitrogens with zero attached hydrogens (tertiary/aromatic N) is 2. The summed E-state index contributed by atoms with van der Waals surface area (Å²) in [6.07, 6.45) is 0. The van der Waals surface area contributed by atoms with E-state index in [0.29, 0.717) is 16.4 Å². The van der Waals surface area contributed by atoms with Crippen molar-refractivity contribution in [1.29, 1.82) is 0 Å². The van der Waals surface area contributed by atoms with Gasteiger partial charge in [-0.3, -0.25) is 4.79 Å². The summed E-state index contributed by atoms with van der Waals surface area (Å²) in [6, 6.07) is 3.23. The lowest BCUT2D eigenvalue weighted by Gasteiger charge is -2.21. The highest BCUT2D eigenvalue weighted by atomic mass is 79.9. The Morgan fingerprint density at radius 3 is 2.67 bits per heavy atom. The van der Waals surface area contributed by atoms with E-state index in [1.165, 1.54) is 0 Å². The molecule has 0 aliphatic carbocycles. The van der Waals surface area contributed by atoms with Crippen molar-refractivity contribution in [2.45, 2.75) is 26.3 Å². The third-order valence-corrected chi connectivity index (χ3v) is 2.74. The number of hydrogen-bond donors (Lipinski definition) is 1. The number of carbonyl (C=O) groups is 1. The molecule has 0 aliphatic rings. The van der Waals surface area contributed by atoms with Gasteiger partial charge in [-0.1, -0.05) is 5.16 Å². The average Bonchev–Trinajstić information content (AvgIpc) is 2.86. The predicted molar refractivity (Wildman–Crippen MR) is 65.9 cm³/mol. The molecule has 0 aliphatic heterocycles. The van der Waals surface area contributed by atoms with Crippen LogP contribution in [0.2, 0.25) is 0 Å². The third kappa shape index (κ3) is 2.61. The number of halogens is 1. The maximum Gasteiger partial charge on any atom is 0.287 e. The van der Waals surface area contributed by atoms with E-state index in [1.807, 2.05) is 0 Å². The standard InChI is InChI=1S/C11H12BrN3O3/c1-6-13-10(15-18-6)11(2,3)14-9(16)7-4-5-8(12)17-7/h4-5H,1-3H3,(H,14,16). The number of carbonyl (C=O) groups excluding carboxylic acids is 1.